The summed E-state index contributed by atoms with van der Waals surface area (Å²) in [6.45, 7) is 10.1. The lowest BCUT2D eigenvalue weighted by Gasteiger charge is -2.40. The maximum Gasteiger partial charge on any atom is 0.234 e. The quantitative estimate of drug-likeness (QED) is 0.639. The van der Waals surface area contributed by atoms with Gasteiger partial charge >= 0.3 is 0 Å². The van der Waals surface area contributed by atoms with Gasteiger partial charge in [-0.2, -0.15) is 0 Å². The van der Waals surface area contributed by atoms with Crippen molar-refractivity contribution in [1.82, 2.24) is 15.1 Å². The van der Waals surface area contributed by atoms with Gasteiger partial charge in [0.1, 0.15) is 0 Å². The molecule has 1 heterocycles. The van der Waals surface area contributed by atoms with Crippen molar-refractivity contribution in [1.29, 1.82) is 0 Å². The molecule has 1 aliphatic heterocycles. The molecule has 0 aromatic rings. The molecule has 2 amide bonds. The predicted octanol–water partition coefficient (Wildman–Crippen LogP) is 2.43. The lowest BCUT2D eigenvalue weighted by molar-refractivity contribution is -0.144. The topological polar surface area (TPSA) is 78.7 Å². The number of carbonyl (C=O) groups is 2. The van der Waals surface area contributed by atoms with Crippen LogP contribution in [0.15, 0.2) is 0 Å². The smallest absolute Gasteiger partial charge is 0.234 e. The first-order chi connectivity index (χ1) is 12.4. The number of piperazine rings is 1. The molecular formula is C20H40Cl2N4O2. The van der Waals surface area contributed by atoms with Crippen molar-refractivity contribution < 1.29 is 9.59 Å². The van der Waals surface area contributed by atoms with E-state index in [1.54, 1.807) is 0 Å². The highest BCUT2D eigenvalue weighted by Crippen LogP contribution is 2.28. The molecule has 0 atom stereocenters. The molecule has 1 aliphatic carbocycles. The van der Waals surface area contributed by atoms with E-state index in [1.165, 1.54) is 12.8 Å². The third kappa shape index (κ3) is 7.05. The third-order valence-electron chi connectivity index (χ3n) is 6.61. The van der Waals surface area contributed by atoms with Gasteiger partial charge in [0.15, 0.2) is 0 Å². The Hall–Kier alpha value is -0.560. The molecule has 0 unspecified atom stereocenters. The summed E-state index contributed by atoms with van der Waals surface area (Å²) >= 11 is 0. The van der Waals surface area contributed by atoms with Crippen LogP contribution in [0.1, 0.15) is 59.3 Å². The molecule has 2 rings (SSSR count). The number of hydrogen-bond acceptors (Lipinski definition) is 4. The third-order valence-corrected chi connectivity index (χ3v) is 6.61. The fourth-order valence-electron chi connectivity index (χ4n) is 4.25. The van der Waals surface area contributed by atoms with Crippen LogP contribution in [0, 0.1) is 11.3 Å². The number of hydrogen-bond donors (Lipinski definition) is 2. The summed E-state index contributed by atoms with van der Waals surface area (Å²) in [5, 5.41) is 3.19. The molecule has 0 aromatic heterocycles. The zero-order valence-corrected chi connectivity index (χ0v) is 19.4. The summed E-state index contributed by atoms with van der Waals surface area (Å²) in [6, 6.07) is 0.348. The van der Waals surface area contributed by atoms with Crippen molar-refractivity contribution in [2.24, 2.45) is 17.1 Å². The molecule has 1 saturated heterocycles. The van der Waals surface area contributed by atoms with Crippen LogP contribution in [0.4, 0.5) is 0 Å². The Morgan fingerprint density at radius 3 is 2.00 bits per heavy atom. The van der Waals surface area contributed by atoms with E-state index in [4.69, 9.17) is 5.73 Å². The number of rotatable bonds is 7. The van der Waals surface area contributed by atoms with E-state index in [0.717, 1.165) is 44.7 Å². The fraction of sp³-hybridized carbons (Fsp3) is 0.900. The summed E-state index contributed by atoms with van der Waals surface area (Å²) in [7, 11) is 0. The molecular weight excluding hydrogens is 399 g/mol. The number of halogens is 2. The number of amides is 2. The number of carbonyl (C=O) groups excluding carboxylic acids is 2. The van der Waals surface area contributed by atoms with Gasteiger partial charge in [0.25, 0.3) is 0 Å². The molecule has 2 aliphatic rings. The summed E-state index contributed by atoms with van der Waals surface area (Å²) in [5.74, 6) is 1.11. The Labute approximate surface area is 183 Å². The SMILES string of the molecule is CCC(CC)(CN)C(=O)N1CCN(CC(=O)NC2CCC(C)CC2)CC1.Cl.Cl. The van der Waals surface area contributed by atoms with Crippen LogP contribution < -0.4 is 11.1 Å². The van der Waals surface area contributed by atoms with Crippen LogP contribution in [0.25, 0.3) is 0 Å². The minimum absolute atomic E-state index is 0. The Morgan fingerprint density at radius 1 is 1.00 bits per heavy atom. The number of nitrogens with one attached hydrogen (secondary N) is 1. The molecule has 0 radical (unpaired) electrons. The largest absolute Gasteiger partial charge is 0.352 e. The van der Waals surface area contributed by atoms with Crippen molar-refractivity contribution in [2.45, 2.75) is 65.3 Å². The van der Waals surface area contributed by atoms with Gasteiger partial charge in [-0.05, 0) is 44.4 Å². The molecule has 0 aromatic carbocycles. The normalized spacial score (nSPS) is 23.4. The summed E-state index contributed by atoms with van der Waals surface area (Å²) in [4.78, 5) is 29.3. The average molecular weight is 439 g/mol. The highest BCUT2D eigenvalue weighted by molar-refractivity contribution is 5.85. The Morgan fingerprint density at radius 2 is 1.54 bits per heavy atom. The van der Waals surface area contributed by atoms with Gasteiger partial charge < -0.3 is 16.0 Å². The van der Waals surface area contributed by atoms with Gasteiger partial charge in [0.2, 0.25) is 11.8 Å². The number of nitrogens with two attached hydrogens (primary N) is 1. The minimum Gasteiger partial charge on any atom is -0.352 e. The lowest BCUT2D eigenvalue weighted by Crippen LogP contribution is -2.56. The molecule has 8 heteroatoms. The van der Waals surface area contributed by atoms with Crippen LogP contribution >= 0.6 is 24.8 Å². The van der Waals surface area contributed by atoms with Crippen LogP contribution in [-0.4, -0.2) is 66.9 Å². The fourth-order valence-corrected chi connectivity index (χ4v) is 4.25. The van der Waals surface area contributed by atoms with Crippen LogP contribution in [-0.2, 0) is 9.59 Å². The number of nitrogens with zero attached hydrogens (tertiary/aromatic N) is 2. The van der Waals surface area contributed by atoms with Gasteiger partial charge in [-0.25, -0.2) is 0 Å². The molecule has 1 saturated carbocycles. The molecule has 28 heavy (non-hydrogen) atoms. The van der Waals surface area contributed by atoms with Crippen molar-refractivity contribution in [3.8, 4) is 0 Å². The standard InChI is InChI=1S/C20H38N4O2.2ClH/c1-4-20(5-2,15-21)19(26)24-12-10-23(11-13-24)14-18(25)22-17-8-6-16(3)7-9-17;;/h16-17H,4-15,21H2,1-3H3,(H,22,25);2*1H. The molecule has 6 nitrogen and oxygen atoms in total. The second kappa shape index (κ2) is 12.9. The minimum atomic E-state index is -0.419. The summed E-state index contributed by atoms with van der Waals surface area (Å²) < 4.78 is 0. The van der Waals surface area contributed by atoms with E-state index in [0.29, 0.717) is 32.2 Å². The van der Waals surface area contributed by atoms with Gasteiger partial charge in [0.05, 0.1) is 12.0 Å². The average Bonchev–Trinajstić information content (AvgIpc) is 2.66. The Bertz CT molecular complexity index is 465. The first-order valence-corrected chi connectivity index (χ1v) is 10.4. The van der Waals surface area contributed by atoms with E-state index >= 15 is 0 Å². The van der Waals surface area contributed by atoms with Crippen molar-refractivity contribution >= 4 is 36.6 Å². The van der Waals surface area contributed by atoms with Crippen LogP contribution in [0.2, 0.25) is 0 Å². The monoisotopic (exact) mass is 438 g/mol. The molecule has 0 spiro atoms. The molecule has 166 valence electrons. The van der Waals surface area contributed by atoms with Gasteiger partial charge in [-0.1, -0.05) is 20.8 Å². The van der Waals surface area contributed by atoms with E-state index in [1.807, 2.05) is 18.7 Å². The highest BCUT2D eigenvalue weighted by Gasteiger charge is 2.38. The second-order valence-electron chi connectivity index (χ2n) is 8.28. The Balaban J connectivity index is 0.00000364. The van der Waals surface area contributed by atoms with Crippen molar-refractivity contribution in [2.75, 3.05) is 39.3 Å². The van der Waals surface area contributed by atoms with Gasteiger partial charge in [0, 0.05) is 38.8 Å². The maximum absolute atomic E-state index is 12.9. The molecule has 2 fully saturated rings. The van der Waals surface area contributed by atoms with Crippen molar-refractivity contribution in [3.63, 3.8) is 0 Å². The van der Waals surface area contributed by atoms with Gasteiger partial charge in [-0.3, -0.25) is 14.5 Å². The van der Waals surface area contributed by atoms with Crippen LogP contribution in [0.3, 0.4) is 0 Å². The first-order valence-electron chi connectivity index (χ1n) is 10.4. The maximum atomic E-state index is 12.9. The molecule has 0 bridgehead atoms. The zero-order valence-electron chi connectivity index (χ0n) is 17.7. The Kier molecular flexibility index (Phi) is 12.6. The zero-order chi connectivity index (χ0) is 19.2. The molecule has 3 N–H and O–H groups in total. The van der Waals surface area contributed by atoms with Gasteiger partial charge in [-0.15, -0.1) is 24.8 Å². The van der Waals surface area contributed by atoms with E-state index in [-0.39, 0.29) is 36.6 Å². The van der Waals surface area contributed by atoms with Crippen LogP contribution in [0.5, 0.6) is 0 Å². The van der Waals surface area contributed by atoms with E-state index in [9.17, 15) is 9.59 Å². The lowest BCUT2D eigenvalue weighted by atomic mass is 9.81. The predicted molar refractivity (Wildman–Crippen MR) is 119 cm³/mol. The van der Waals surface area contributed by atoms with E-state index < -0.39 is 5.41 Å². The second-order valence-corrected chi connectivity index (χ2v) is 8.28. The summed E-state index contributed by atoms with van der Waals surface area (Å²) in [5.41, 5.74) is 5.50. The van der Waals surface area contributed by atoms with E-state index in [2.05, 4.69) is 17.1 Å². The summed E-state index contributed by atoms with van der Waals surface area (Å²) in [6.07, 6.45) is 6.19. The highest BCUT2D eigenvalue weighted by atomic mass is 35.5. The first kappa shape index (κ1) is 27.4. The van der Waals surface area contributed by atoms with Crippen molar-refractivity contribution in [3.05, 3.63) is 0 Å².